The molecule has 1 saturated heterocycles. The predicted molar refractivity (Wildman–Crippen MR) is 120 cm³/mol. The van der Waals surface area contributed by atoms with Crippen LogP contribution in [-0.4, -0.2) is 38.8 Å². The number of aromatic amines is 2. The van der Waals surface area contributed by atoms with Crippen molar-refractivity contribution >= 4 is 16.8 Å². The molecule has 152 valence electrons. The first-order valence-electron chi connectivity index (χ1n) is 10.6. The highest BCUT2D eigenvalue weighted by Crippen LogP contribution is 2.32. The molecule has 3 heterocycles. The van der Waals surface area contributed by atoms with Gasteiger partial charge in [-0.1, -0.05) is 30.3 Å². The molecule has 5 heteroatoms. The Morgan fingerprint density at radius 1 is 1.00 bits per heavy atom. The average molecular weight is 399 g/mol. The van der Waals surface area contributed by atoms with Crippen LogP contribution >= 0.6 is 0 Å². The Hall–Kier alpha value is -3.34. The van der Waals surface area contributed by atoms with Crippen molar-refractivity contribution < 1.29 is 4.79 Å². The summed E-state index contributed by atoms with van der Waals surface area (Å²) in [5, 5.41) is 1.21. The third-order valence-electron chi connectivity index (χ3n) is 6.21. The van der Waals surface area contributed by atoms with Crippen molar-refractivity contribution in [1.29, 1.82) is 0 Å². The molecule has 0 radical (unpaired) electrons. The number of nitrogens with one attached hydrogen (secondary N) is 2. The predicted octanol–water partition coefficient (Wildman–Crippen LogP) is 5.19. The molecule has 0 bridgehead atoms. The molecule has 0 spiro atoms. The molecule has 1 amide bonds. The number of aryl methyl sites for hydroxylation is 2. The van der Waals surface area contributed by atoms with E-state index < -0.39 is 0 Å². The maximum Gasteiger partial charge on any atom is 0.253 e. The number of rotatable bonds is 3. The molecular weight excluding hydrogens is 372 g/mol. The second kappa shape index (κ2) is 7.48. The molecule has 2 N–H and O–H groups in total. The van der Waals surface area contributed by atoms with E-state index in [1.807, 2.05) is 36.2 Å². The van der Waals surface area contributed by atoms with Gasteiger partial charge in [0.1, 0.15) is 5.82 Å². The minimum absolute atomic E-state index is 0.117. The second-order valence-electron chi connectivity index (χ2n) is 8.27. The first-order valence-corrected chi connectivity index (χ1v) is 10.6. The van der Waals surface area contributed by atoms with Crippen LogP contribution in [0.25, 0.3) is 22.0 Å². The molecule has 0 aliphatic carbocycles. The molecule has 1 aliphatic rings. The first-order chi connectivity index (χ1) is 14.6. The summed E-state index contributed by atoms with van der Waals surface area (Å²) in [6.45, 7) is 5.66. The fraction of sp³-hybridized carbons (Fsp3) is 0.280. The highest BCUT2D eigenvalue weighted by molar-refractivity contribution is 5.99. The number of amides is 1. The van der Waals surface area contributed by atoms with Gasteiger partial charge in [-0.15, -0.1) is 0 Å². The van der Waals surface area contributed by atoms with Crippen molar-refractivity contribution in [2.75, 3.05) is 13.1 Å². The molecule has 0 unspecified atom stereocenters. The van der Waals surface area contributed by atoms with Gasteiger partial charge in [0.25, 0.3) is 5.91 Å². The van der Waals surface area contributed by atoms with E-state index in [1.54, 1.807) is 0 Å². The number of piperidine rings is 1. The lowest BCUT2D eigenvalue weighted by molar-refractivity contribution is 0.0711. The summed E-state index contributed by atoms with van der Waals surface area (Å²) in [5.41, 5.74) is 6.47. The number of fused-ring (bicyclic) bond motifs is 1. The maximum absolute atomic E-state index is 13.0. The van der Waals surface area contributed by atoms with Gasteiger partial charge in [-0.05, 0) is 50.5 Å². The summed E-state index contributed by atoms with van der Waals surface area (Å²) in [4.78, 5) is 26.3. The number of carbonyl (C=O) groups is 1. The van der Waals surface area contributed by atoms with Gasteiger partial charge in [-0.25, -0.2) is 4.98 Å². The molecular formula is C25H26N4O. The zero-order valence-electron chi connectivity index (χ0n) is 17.4. The van der Waals surface area contributed by atoms with Crippen LogP contribution in [-0.2, 0) is 0 Å². The van der Waals surface area contributed by atoms with Crippen LogP contribution in [0.3, 0.4) is 0 Å². The van der Waals surface area contributed by atoms with Crippen LogP contribution in [0.2, 0.25) is 0 Å². The van der Waals surface area contributed by atoms with E-state index in [9.17, 15) is 4.79 Å². The number of aromatic nitrogens is 3. The average Bonchev–Trinajstić information content (AvgIpc) is 3.36. The van der Waals surface area contributed by atoms with Crippen molar-refractivity contribution in [2.45, 2.75) is 32.6 Å². The summed E-state index contributed by atoms with van der Waals surface area (Å²) >= 11 is 0. The van der Waals surface area contributed by atoms with Crippen molar-refractivity contribution in [3.8, 4) is 11.1 Å². The van der Waals surface area contributed by atoms with Crippen molar-refractivity contribution in [3.63, 3.8) is 0 Å². The number of benzene rings is 2. The van der Waals surface area contributed by atoms with Gasteiger partial charge >= 0.3 is 0 Å². The number of likely N-dealkylation sites (tertiary alicyclic amines) is 1. The zero-order valence-corrected chi connectivity index (χ0v) is 17.4. The molecule has 0 atom stereocenters. The van der Waals surface area contributed by atoms with Gasteiger partial charge in [0.05, 0.1) is 0 Å². The lowest BCUT2D eigenvalue weighted by Gasteiger charge is -2.31. The Kier molecular flexibility index (Phi) is 4.66. The maximum atomic E-state index is 13.0. The van der Waals surface area contributed by atoms with Gasteiger partial charge in [0.2, 0.25) is 0 Å². The largest absolute Gasteiger partial charge is 0.358 e. The van der Waals surface area contributed by atoms with Crippen LogP contribution in [0.5, 0.6) is 0 Å². The van der Waals surface area contributed by atoms with Gasteiger partial charge < -0.3 is 14.9 Å². The van der Waals surface area contributed by atoms with E-state index in [-0.39, 0.29) is 5.91 Å². The van der Waals surface area contributed by atoms with Crippen molar-refractivity contribution in [2.24, 2.45) is 0 Å². The minimum atomic E-state index is 0.117. The van der Waals surface area contributed by atoms with Gasteiger partial charge in [-0.3, -0.25) is 4.79 Å². The fourth-order valence-electron chi connectivity index (χ4n) is 4.61. The Morgan fingerprint density at radius 2 is 1.73 bits per heavy atom. The highest BCUT2D eigenvalue weighted by atomic mass is 16.2. The minimum Gasteiger partial charge on any atom is -0.358 e. The Balaban J connectivity index is 1.31. The topological polar surface area (TPSA) is 64.8 Å². The van der Waals surface area contributed by atoms with E-state index in [0.29, 0.717) is 5.92 Å². The molecule has 1 fully saturated rings. The van der Waals surface area contributed by atoms with Gasteiger partial charge in [0, 0.05) is 58.6 Å². The highest BCUT2D eigenvalue weighted by Gasteiger charge is 2.26. The van der Waals surface area contributed by atoms with E-state index in [1.165, 1.54) is 10.9 Å². The van der Waals surface area contributed by atoms with E-state index >= 15 is 0 Å². The fourth-order valence-corrected chi connectivity index (χ4v) is 4.61. The number of hydrogen-bond acceptors (Lipinski definition) is 2. The molecule has 4 aromatic rings. The van der Waals surface area contributed by atoms with Crippen LogP contribution in [0.4, 0.5) is 0 Å². The van der Waals surface area contributed by atoms with Crippen LogP contribution in [0, 0.1) is 13.8 Å². The van der Waals surface area contributed by atoms with Gasteiger partial charge in [0.15, 0.2) is 0 Å². The monoisotopic (exact) mass is 398 g/mol. The Labute approximate surface area is 176 Å². The first kappa shape index (κ1) is 18.7. The number of para-hydroxylation sites is 1. The quantitative estimate of drug-likeness (QED) is 0.498. The van der Waals surface area contributed by atoms with Gasteiger partial charge in [-0.2, -0.15) is 0 Å². The van der Waals surface area contributed by atoms with Crippen LogP contribution < -0.4 is 0 Å². The molecule has 1 aliphatic heterocycles. The lowest BCUT2D eigenvalue weighted by Crippen LogP contribution is -2.38. The summed E-state index contributed by atoms with van der Waals surface area (Å²) in [6.07, 6.45) is 3.78. The zero-order chi connectivity index (χ0) is 20.7. The number of imidazole rings is 1. The lowest BCUT2D eigenvalue weighted by atomic mass is 9.95. The molecule has 2 aromatic carbocycles. The van der Waals surface area contributed by atoms with E-state index in [4.69, 9.17) is 0 Å². The summed E-state index contributed by atoms with van der Waals surface area (Å²) < 4.78 is 0. The second-order valence-corrected chi connectivity index (χ2v) is 8.27. The summed E-state index contributed by atoms with van der Waals surface area (Å²) in [7, 11) is 0. The number of nitrogens with zero attached hydrogens (tertiary/aromatic N) is 2. The molecule has 2 aromatic heterocycles. The molecule has 5 nitrogen and oxygen atoms in total. The third-order valence-corrected chi connectivity index (χ3v) is 6.21. The van der Waals surface area contributed by atoms with E-state index in [0.717, 1.165) is 59.8 Å². The molecule has 0 saturated carbocycles. The van der Waals surface area contributed by atoms with Crippen LogP contribution in [0.15, 0.2) is 54.7 Å². The standard InChI is InChI=1S/C25H26N4O/c1-16-15-26-24(27-16)19-11-13-29(14-12-19)25(30)20-9-7-18(8-10-20)23-17(2)28-22-6-4-3-5-21(22)23/h3-10,15,19,28H,11-14H2,1-2H3,(H,26,27). The number of H-pyrrole nitrogens is 2. The number of carbonyl (C=O) groups excluding carboxylic acids is 1. The number of hydrogen-bond donors (Lipinski definition) is 2. The van der Waals surface area contributed by atoms with Crippen molar-refractivity contribution in [3.05, 3.63) is 77.5 Å². The van der Waals surface area contributed by atoms with E-state index in [2.05, 4.69) is 52.2 Å². The summed E-state index contributed by atoms with van der Waals surface area (Å²) in [5.74, 6) is 1.58. The van der Waals surface area contributed by atoms with Crippen LogP contribution in [0.1, 0.15) is 46.3 Å². The normalized spacial score (nSPS) is 15.1. The smallest absolute Gasteiger partial charge is 0.253 e. The SMILES string of the molecule is Cc1cnc(C2CCN(C(=O)c3ccc(-c4c(C)[nH]c5ccccc45)cc3)CC2)[nH]1. The van der Waals surface area contributed by atoms with Crippen molar-refractivity contribution in [1.82, 2.24) is 19.9 Å². The Morgan fingerprint density at radius 3 is 2.43 bits per heavy atom. The third kappa shape index (κ3) is 3.30. The Bertz CT molecular complexity index is 1190. The summed E-state index contributed by atoms with van der Waals surface area (Å²) in [6, 6.07) is 16.4. The molecule has 5 rings (SSSR count). The molecule has 30 heavy (non-hydrogen) atoms.